The molecule has 0 aliphatic rings. The molecule has 0 spiro atoms. The summed E-state index contributed by atoms with van der Waals surface area (Å²) in [4.78, 5) is 12.0. The van der Waals surface area contributed by atoms with Gasteiger partial charge in [0.1, 0.15) is 5.75 Å². The van der Waals surface area contributed by atoms with Crippen LogP contribution < -0.4 is 10.1 Å². The third-order valence-corrected chi connectivity index (χ3v) is 4.33. The molecule has 2 aromatic carbocycles. The van der Waals surface area contributed by atoms with E-state index in [1.54, 1.807) is 11.8 Å². The van der Waals surface area contributed by atoms with Crippen molar-refractivity contribution in [2.45, 2.75) is 19.8 Å². The second kappa shape index (κ2) is 9.95. The summed E-state index contributed by atoms with van der Waals surface area (Å²) in [7, 11) is 0. The van der Waals surface area contributed by atoms with E-state index in [9.17, 15) is 4.79 Å². The Morgan fingerprint density at radius 1 is 1.09 bits per heavy atom. The van der Waals surface area contributed by atoms with Crippen LogP contribution in [0.3, 0.4) is 0 Å². The molecule has 122 valence electrons. The summed E-state index contributed by atoms with van der Waals surface area (Å²) >= 11 is 1.67. The zero-order valence-electron chi connectivity index (χ0n) is 13.5. The molecule has 0 fully saturated rings. The molecule has 0 heterocycles. The van der Waals surface area contributed by atoms with E-state index in [4.69, 9.17) is 4.74 Å². The van der Waals surface area contributed by atoms with Crippen LogP contribution in [0.4, 0.5) is 5.69 Å². The van der Waals surface area contributed by atoms with Gasteiger partial charge in [0.05, 0.1) is 18.0 Å². The van der Waals surface area contributed by atoms with Crippen LogP contribution in [0.2, 0.25) is 0 Å². The number of thioether (sulfide) groups is 1. The molecule has 2 rings (SSSR count). The summed E-state index contributed by atoms with van der Waals surface area (Å²) in [5.41, 5.74) is 2.09. The maximum Gasteiger partial charge on any atom is 0.234 e. The van der Waals surface area contributed by atoms with Crippen molar-refractivity contribution in [2.75, 3.05) is 23.4 Å². The van der Waals surface area contributed by atoms with Gasteiger partial charge in [-0.15, -0.1) is 0 Å². The van der Waals surface area contributed by atoms with Crippen molar-refractivity contribution in [1.29, 1.82) is 0 Å². The Kier molecular flexibility index (Phi) is 7.54. The van der Waals surface area contributed by atoms with Crippen molar-refractivity contribution in [1.82, 2.24) is 0 Å². The van der Waals surface area contributed by atoms with Gasteiger partial charge in [-0.2, -0.15) is 11.8 Å². The summed E-state index contributed by atoms with van der Waals surface area (Å²) in [5, 5.41) is 2.92. The molecular formula is C19H23NO2S. The van der Waals surface area contributed by atoms with Crippen LogP contribution in [0.5, 0.6) is 5.75 Å². The number of rotatable bonds is 9. The fourth-order valence-electron chi connectivity index (χ4n) is 2.23. The second-order valence-electron chi connectivity index (χ2n) is 5.12. The molecule has 0 atom stereocenters. The molecule has 0 unspecified atom stereocenters. The molecule has 0 aliphatic heterocycles. The van der Waals surface area contributed by atoms with Crippen LogP contribution in [0.1, 0.15) is 18.9 Å². The van der Waals surface area contributed by atoms with Gasteiger partial charge >= 0.3 is 0 Å². The summed E-state index contributed by atoms with van der Waals surface area (Å²) in [5.74, 6) is 2.18. The van der Waals surface area contributed by atoms with Gasteiger partial charge in [-0.3, -0.25) is 4.79 Å². The molecule has 0 aliphatic carbocycles. The average molecular weight is 329 g/mol. The van der Waals surface area contributed by atoms with Gasteiger partial charge in [0.2, 0.25) is 5.91 Å². The highest BCUT2D eigenvalue weighted by atomic mass is 32.2. The summed E-state index contributed by atoms with van der Waals surface area (Å²) in [6.45, 7) is 2.52. The highest BCUT2D eigenvalue weighted by Gasteiger charge is 2.07. The number of carbonyl (C=O) groups is 1. The minimum Gasteiger partial charge on any atom is -0.492 e. The van der Waals surface area contributed by atoms with Crippen molar-refractivity contribution in [3.63, 3.8) is 0 Å². The fourth-order valence-corrected chi connectivity index (χ4v) is 2.98. The number of ether oxygens (including phenoxy) is 1. The quantitative estimate of drug-likeness (QED) is 0.693. The lowest BCUT2D eigenvalue weighted by atomic mass is 10.1. The molecule has 0 radical (unpaired) electrons. The van der Waals surface area contributed by atoms with E-state index in [1.807, 2.05) is 37.3 Å². The zero-order valence-corrected chi connectivity index (χ0v) is 14.3. The second-order valence-corrected chi connectivity index (χ2v) is 6.22. The van der Waals surface area contributed by atoms with Gasteiger partial charge in [-0.1, -0.05) is 42.5 Å². The molecule has 0 saturated carbocycles. The van der Waals surface area contributed by atoms with E-state index in [1.165, 1.54) is 5.56 Å². The number of anilines is 1. The van der Waals surface area contributed by atoms with Crippen molar-refractivity contribution in [3.05, 3.63) is 60.2 Å². The van der Waals surface area contributed by atoms with Crippen LogP contribution in [-0.2, 0) is 11.2 Å². The van der Waals surface area contributed by atoms with Crippen LogP contribution in [0, 0.1) is 0 Å². The first-order valence-electron chi connectivity index (χ1n) is 7.93. The lowest BCUT2D eigenvalue weighted by Gasteiger charge is -2.11. The highest BCUT2D eigenvalue weighted by molar-refractivity contribution is 7.99. The minimum absolute atomic E-state index is 0.0156. The van der Waals surface area contributed by atoms with E-state index in [0.717, 1.165) is 30.0 Å². The van der Waals surface area contributed by atoms with Crippen molar-refractivity contribution < 1.29 is 9.53 Å². The first-order valence-corrected chi connectivity index (χ1v) is 9.08. The molecule has 1 amide bonds. The number of aryl methyl sites for hydroxylation is 1. The van der Waals surface area contributed by atoms with Crippen molar-refractivity contribution in [3.8, 4) is 5.75 Å². The Balaban J connectivity index is 1.67. The van der Waals surface area contributed by atoms with E-state index in [0.29, 0.717) is 12.4 Å². The topological polar surface area (TPSA) is 38.3 Å². The first-order chi connectivity index (χ1) is 11.3. The van der Waals surface area contributed by atoms with Crippen LogP contribution in [0.25, 0.3) is 0 Å². The maximum absolute atomic E-state index is 12.0. The maximum atomic E-state index is 12.0. The Morgan fingerprint density at radius 3 is 2.61 bits per heavy atom. The number of amides is 1. The predicted octanol–water partition coefficient (Wildman–Crippen LogP) is 4.39. The van der Waals surface area contributed by atoms with Gasteiger partial charge in [0, 0.05) is 0 Å². The molecule has 0 aromatic heterocycles. The van der Waals surface area contributed by atoms with Crippen molar-refractivity contribution >= 4 is 23.4 Å². The third-order valence-electron chi connectivity index (χ3n) is 3.29. The van der Waals surface area contributed by atoms with E-state index < -0.39 is 0 Å². The predicted molar refractivity (Wildman–Crippen MR) is 98.3 cm³/mol. The van der Waals surface area contributed by atoms with Gasteiger partial charge < -0.3 is 10.1 Å². The number of benzene rings is 2. The molecule has 23 heavy (non-hydrogen) atoms. The highest BCUT2D eigenvalue weighted by Crippen LogP contribution is 2.23. The van der Waals surface area contributed by atoms with Gasteiger partial charge in [0.15, 0.2) is 0 Å². The van der Waals surface area contributed by atoms with E-state index in [2.05, 4.69) is 29.6 Å². The first kappa shape index (κ1) is 17.4. The number of hydrogen-bond donors (Lipinski definition) is 1. The Morgan fingerprint density at radius 2 is 1.83 bits per heavy atom. The average Bonchev–Trinajstić information content (AvgIpc) is 2.57. The van der Waals surface area contributed by atoms with Gasteiger partial charge in [0.25, 0.3) is 0 Å². The van der Waals surface area contributed by atoms with Gasteiger partial charge in [-0.05, 0) is 43.2 Å². The molecule has 4 heteroatoms. The molecule has 3 nitrogen and oxygen atoms in total. The molecule has 0 bridgehead atoms. The van der Waals surface area contributed by atoms with Crippen LogP contribution in [-0.4, -0.2) is 24.0 Å². The minimum atomic E-state index is 0.0156. The zero-order chi connectivity index (χ0) is 16.3. The van der Waals surface area contributed by atoms with Gasteiger partial charge in [-0.25, -0.2) is 0 Å². The number of carbonyl (C=O) groups excluding carboxylic acids is 1. The fraction of sp³-hybridized carbons (Fsp3) is 0.316. The molecule has 1 N–H and O–H groups in total. The van der Waals surface area contributed by atoms with Crippen LogP contribution in [0.15, 0.2) is 54.6 Å². The smallest absolute Gasteiger partial charge is 0.234 e. The standard InChI is InChI=1S/C19H23NO2S/c1-2-22-18-13-7-6-12-17(18)20-19(21)15-23-14-8-11-16-9-4-3-5-10-16/h3-7,9-10,12-13H,2,8,11,14-15H2,1H3,(H,20,21). The molecular weight excluding hydrogens is 306 g/mol. The summed E-state index contributed by atoms with van der Waals surface area (Å²) < 4.78 is 5.51. The number of hydrogen-bond acceptors (Lipinski definition) is 3. The summed E-state index contributed by atoms with van der Waals surface area (Å²) in [6.07, 6.45) is 2.14. The Hall–Kier alpha value is -1.94. The van der Waals surface area contributed by atoms with Crippen LogP contribution >= 0.6 is 11.8 Å². The monoisotopic (exact) mass is 329 g/mol. The lowest BCUT2D eigenvalue weighted by Crippen LogP contribution is -2.15. The van der Waals surface area contributed by atoms with E-state index in [-0.39, 0.29) is 5.91 Å². The van der Waals surface area contributed by atoms with E-state index >= 15 is 0 Å². The number of nitrogens with one attached hydrogen (secondary N) is 1. The third kappa shape index (κ3) is 6.37. The SMILES string of the molecule is CCOc1ccccc1NC(=O)CSCCCc1ccccc1. The normalized spacial score (nSPS) is 10.3. The number of para-hydroxylation sites is 2. The molecule has 0 saturated heterocycles. The Labute approximate surface area is 142 Å². The lowest BCUT2D eigenvalue weighted by molar-refractivity contribution is -0.113. The summed E-state index contributed by atoms with van der Waals surface area (Å²) in [6, 6.07) is 18.0. The Bertz CT molecular complexity index is 601. The van der Waals surface area contributed by atoms with Crippen molar-refractivity contribution in [2.24, 2.45) is 0 Å². The molecule has 2 aromatic rings. The largest absolute Gasteiger partial charge is 0.492 e.